The third-order valence-corrected chi connectivity index (χ3v) is 12.5. The smallest absolute Gasteiger partial charge is 0.416 e. The lowest BCUT2D eigenvalue weighted by molar-refractivity contribution is -0.160. The molecular formula is C49H72F6N4O8. The van der Waals surface area contributed by atoms with Crippen molar-refractivity contribution in [3.63, 3.8) is 0 Å². The number of anilines is 2. The van der Waals surface area contributed by atoms with Crippen molar-refractivity contribution in [2.45, 2.75) is 135 Å². The first-order chi connectivity index (χ1) is 30.8. The second-order valence-corrected chi connectivity index (χ2v) is 19.8. The molecule has 18 heteroatoms. The van der Waals surface area contributed by atoms with Gasteiger partial charge in [0.1, 0.15) is 11.2 Å². The van der Waals surface area contributed by atoms with E-state index in [9.17, 15) is 40.7 Å². The van der Waals surface area contributed by atoms with Gasteiger partial charge in [0, 0.05) is 76.8 Å². The predicted octanol–water partition coefficient (Wildman–Crippen LogP) is 9.83. The number of rotatable bonds is 10. The van der Waals surface area contributed by atoms with Gasteiger partial charge in [-0.2, -0.15) is 26.3 Å². The van der Waals surface area contributed by atoms with Gasteiger partial charge in [0.25, 0.3) is 0 Å². The number of benzene rings is 2. The number of likely N-dealkylation sites (tertiary alicyclic amines) is 1. The number of nitrogens with zero attached hydrogens (tertiary/aromatic N) is 3. The van der Waals surface area contributed by atoms with Gasteiger partial charge in [-0.3, -0.25) is 9.59 Å². The van der Waals surface area contributed by atoms with Crippen LogP contribution in [0.15, 0.2) is 36.4 Å². The van der Waals surface area contributed by atoms with E-state index in [2.05, 4.69) is 5.32 Å². The van der Waals surface area contributed by atoms with Crippen molar-refractivity contribution in [1.82, 2.24) is 10.2 Å². The maximum absolute atomic E-state index is 13.7. The highest BCUT2D eigenvalue weighted by Gasteiger charge is 2.42. The summed E-state index contributed by atoms with van der Waals surface area (Å²) in [5, 5.41) is 3.38. The Kier molecular flexibility index (Phi) is 18.9. The van der Waals surface area contributed by atoms with E-state index in [1.807, 2.05) is 30.6 Å². The van der Waals surface area contributed by atoms with E-state index in [-0.39, 0.29) is 55.1 Å². The fraction of sp³-hybridized carbons (Fsp3) is 0.694. The van der Waals surface area contributed by atoms with E-state index in [0.29, 0.717) is 96.0 Å². The summed E-state index contributed by atoms with van der Waals surface area (Å²) in [6, 6.07) is 7.83. The number of hydrogen-bond donors (Lipinski definition) is 1. The Bertz CT molecular complexity index is 1950. The summed E-state index contributed by atoms with van der Waals surface area (Å²) in [4.78, 5) is 42.8. The van der Waals surface area contributed by atoms with Crippen LogP contribution in [0.25, 0.3) is 0 Å². The van der Waals surface area contributed by atoms with Crippen molar-refractivity contribution < 1.29 is 64.4 Å². The van der Waals surface area contributed by atoms with E-state index >= 15 is 0 Å². The first-order valence-electron chi connectivity index (χ1n) is 22.8. The molecule has 4 fully saturated rings. The van der Waals surface area contributed by atoms with Crippen LogP contribution in [0.1, 0.15) is 122 Å². The van der Waals surface area contributed by atoms with Crippen LogP contribution in [0.4, 0.5) is 42.5 Å². The van der Waals surface area contributed by atoms with Gasteiger partial charge in [-0.25, -0.2) is 4.79 Å². The molecule has 4 atom stereocenters. The van der Waals surface area contributed by atoms with Crippen LogP contribution in [0.3, 0.4) is 0 Å². The van der Waals surface area contributed by atoms with Crippen molar-refractivity contribution >= 4 is 29.4 Å². The van der Waals surface area contributed by atoms with Crippen molar-refractivity contribution in [3.8, 4) is 0 Å². The largest absolute Gasteiger partial charge is 0.469 e. The minimum atomic E-state index is -4.49. The Morgan fingerprint density at radius 2 is 1.10 bits per heavy atom. The van der Waals surface area contributed by atoms with Gasteiger partial charge in [0.15, 0.2) is 0 Å². The lowest BCUT2D eigenvalue weighted by Gasteiger charge is -2.36. The van der Waals surface area contributed by atoms with Crippen LogP contribution >= 0.6 is 0 Å². The maximum Gasteiger partial charge on any atom is 0.416 e. The quantitative estimate of drug-likeness (QED) is 0.139. The molecule has 2 aromatic rings. The van der Waals surface area contributed by atoms with Crippen LogP contribution in [0.5, 0.6) is 0 Å². The minimum absolute atomic E-state index is 0. The predicted molar refractivity (Wildman–Crippen MR) is 244 cm³/mol. The molecule has 378 valence electrons. The highest BCUT2D eigenvalue weighted by molar-refractivity contribution is 5.74. The number of ether oxygens (including phenoxy) is 5. The van der Waals surface area contributed by atoms with E-state index < -0.39 is 40.8 Å². The molecule has 0 spiro atoms. The highest BCUT2D eigenvalue weighted by Crippen LogP contribution is 2.43. The van der Waals surface area contributed by atoms with Crippen LogP contribution in [-0.4, -0.2) is 120 Å². The molecule has 6 rings (SSSR count). The molecule has 2 aromatic carbocycles. The normalized spacial score (nSPS) is 22.2. The zero-order valence-electron chi connectivity index (χ0n) is 39.7. The number of nitrogens with one attached hydrogen (secondary N) is 1. The van der Waals surface area contributed by atoms with Gasteiger partial charge in [0.05, 0.1) is 49.3 Å². The number of carbonyl (C=O) groups excluding carboxylic acids is 3. The zero-order valence-corrected chi connectivity index (χ0v) is 39.7. The number of alkyl halides is 6. The summed E-state index contributed by atoms with van der Waals surface area (Å²) in [5.41, 5.74) is 0.171. The molecule has 4 heterocycles. The number of amides is 1. The van der Waals surface area contributed by atoms with Gasteiger partial charge in [-0.1, -0.05) is 19.6 Å². The molecule has 0 unspecified atom stereocenters. The Hall–Kier alpha value is -4.29. The molecule has 4 aliphatic heterocycles. The summed E-state index contributed by atoms with van der Waals surface area (Å²) < 4.78 is 107. The Morgan fingerprint density at radius 3 is 1.54 bits per heavy atom. The number of methoxy groups -OCH3 is 3. The van der Waals surface area contributed by atoms with Crippen LogP contribution in [0.2, 0.25) is 0 Å². The molecule has 4 aliphatic rings. The number of carbonyl (C=O) groups is 3. The first kappa shape index (κ1) is 55.3. The molecule has 0 bridgehead atoms. The van der Waals surface area contributed by atoms with E-state index in [1.54, 1.807) is 46.0 Å². The summed E-state index contributed by atoms with van der Waals surface area (Å²) in [6.07, 6.45) is -5.83. The second-order valence-electron chi connectivity index (χ2n) is 19.8. The summed E-state index contributed by atoms with van der Waals surface area (Å²) in [5.74, 6) is -1.05. The van der Waals surface area contributed by atoms with Gasteiger partial charge in [-0.05, 0) is 121 Å². The van der Waals surface area contributed by atoms with E-state index in [0.717, 1.165) is 23.6 Å². The van der Waals surface area contributed by atoms with Crippen LogP contribution < -0.4 is 15.1 Å². The lowest BCUT2D eigenvalue weighted by Crippen LogP contribution is -2.41. The average Bonchev–Trinajstić information content (AvgIpc) is 3.89. The molecule has 12 nitrogen and oxygen atoms in total. The van der Waals surface area contributed by atoms with Crippen molar-refractivity contribution in [3.05, 3.63) is 58.7 Å². The topological polar surface area (TPSA) is 119 Å². The molecular weight excluding hydrogens is 887 g/mol. The van der Waals surface area contributed by atoms with Gasteiger partial charge < -0.3 is 43.7 Å². The van der Waals surface area contributed by atoms with Crippen molar-refractivity contribution in [2.75, 3.05) is 83.6 Å². The molecule has 0 radical (unpaired) electrons. The van der Waals surface area contributed by atoms with Crippen molar-refractivity contribution in [2.24, 2.45) is 11.8 Å². The third-order valence-electron chi connectivity index (χ3n) is 12.5. The molecule has 4 saturated heterocycles. The molecule has 67 heavy (non-hydrogen) atoms. The molecule has 0 saturated carbocycles. The fourth-order valence-corrected chi connectivity index (χ4v) is 9.36. The monoisotopic (exact) mass is 959 g/mol. The van der Waals surface area contributed by atoms with E-state index in [1.165, 1.54) is 31.4 Å². The first-order valence-corrected chi connectivity index (χ1v) is 22.8. The lowest BCUT2D eigenvalue weighted by atomic mass is 9.90. The minimum Gasteiger partial charge on any atom is -0.469 e. The number of piperidine rings is 2. The average molecular weight is 959 g/mol. The highest BCUT2D eigenvalue weighted by atomic mass is 19.4. The SMILES string of the molecule is C.COC[C@@H]1C[C@H](c2ccc(C(F)(F)F)cc2N2CCC(C(=O)OC(C)(C)C)CC2)CN1C(=O)OC(C)(C)C.COC[C@@H]1C[C@H](c2ccc(C(F)(F)F)cc2N2CCC(C(=O)OC)CC2)CN1. The molecule has 0 aromatic heterocycles. The molecule has 1 N–H and O–H groups in total. The van der Waals surface area contributed by atoms with Gasteiger partial charge in [-0.15, -0.1) is 0 Å². The summed E-state index contributed by atoms with van der Waals surface area (Å²) >= 11 is 0. The Morgan fingerprint density at radius 1 is 0.642 bits per heavy atom. The number of esters is 2. The maximum atomic E-state index is 13.7. The van der Waals surface area contributed by atoms with Crippen molar-refractivity contribution in [1.29, 1.82) is 0 Å². The van der Waals surface area contributed by atoms with Crippen LogP contribution in [0, 0.1) is 11.8 Å². The van der Waals surface area contributed by atoms with Gasteiger partial charge >= 0.3 is 30.4 Å². The summed E-state index contributed by atoms with van der Waals surface area (Å²) in [6.45, 7) is 14.7. The van der Waals surface area contributed by atoms with Gasteiger partial charge in [0.2, 0.25) is 0 Å². The summed E-state index contributed by atoms with van der Waals surface area (Å²) in [7, 11) is 4.56. The standard InChI is InChI=1S/C28H41F3N2O5.C20H27F3N2O3.CH4/c1-26(2,3)37-24(34)18-10-12-32(13-11-18)23-15-20(28(29,30)31)8-9-22(23)19-14-21(17-36-7)33(16-19)25(35)38-27(4,5)6;1-27-12-16-9-14(11-24-16)17-4-3-15(20(21,22)23)10-18(17)25-7-5-13(6-8-25)19(26)28-2;/h8-9,15,18-19,21H,10-14,16-17H2,1-7H3;3-4,10,13-14,16,24H,5-9,11-12H2,1-2H3;1H4/t19-,21-;14-,16-;/m00./s1. The Labute approximate surface area is 392 Å². The zero-order chi connectivity index (χ0) is 48.8. The van der Waals surface area contributed by atoms with E-state index in [4.69, 9.17) is 23.7 Å². The Balaban J connectivity index is 0.000000301. The third kappa shape index (κ3) is 15.1. The molecule has 1 amide bonds. The molecule has 0 aliphatic carbocycles. The van der Waals surface area contributed by atoms with Crippen LogP contribution in [-0.2, 0) is 45.6 Å². The fourth-order valence-electron chi connectivity index (χ4n) is 9.36. The number of hydrogen-bond acceptors (Lipinski definition) is 11. The number of halogens is 6. The second kappa shape index (κ2) is 22.9.